The maximum atomic E-state index is 12.3. The Morgan fingerprint density at radius 1 is 1.40 bits per heavy atom. The normalized spacial score (nSPS) is 28.2. The van der Waals surface area contributed by atoms with Crippen LogP contribution in [-0.4, -0.2) is 30.1 Å². The maximum absolute atomic E-state index is 12.3. The molecule has 0 bridgehead atoms. The summed E-state index contributed by atoms with van der Waals surface area (Å²) in [7, 11) is 0. The van der Waals surface area contributed by atoms with Crippen molar-refractivity contribution in [2.24, 2.45) is 0 Å². The Labute approximate surface area is 121 Å². The Bertz CT molecular complexity index is 595. The van der Waals surface area contributed by atoms with Crippen LogP contribution in [0.25, 0.3) is 0 Å². The summed E-state index contributed by atoms with van der Waals surface area (Å²) in [5.41, 5.74) is -0.524. The highest BCUT2D eigenvalue weighted by atomic mass is 35.5. The Morgan fingerprint density at radius 2 is 2.20 bits per heavy atom. The molecule has 0 aromatic heterocycles. The smallest absolute Gasteiger partial charge is 0.340 e. The Morgan fingerprint density at radius 3 is 3.00 bits per heavy atom. The van der Waals surface area contributed by atoms with Gasteiger partial charge >= 0.3 is 5.97 Å². The fraction of sp³-hybridized carbons (Fsp3) is 0.333. The van der Waals surface area contributed by atoms with E-state index in [9.17, 15) is 9.59 Å². The molecular weight excluding hydrogens is 280 g/mol. The average molecular weight is 293 g/mol. The lowest BCUT2D eigenvalue weighted by Gasteiger charge is -2.32. The van der Waals surface area contributed by atoms with Crippen LogP contribution in [0, 0.1) is 0 Å². The highest BCUT2D eigenvalue weighted by Gasteiger charge is 2.48. The monoisotopic (exact) mass is 292 g/mol. The van der Waals surface area contributed by atoms with E-state index in [-0.39, 0.29) is 12.2 Å². The van der Waals surface area contributed by atoms with E-state index in [2.05, 4.69) is 0 Å². The number of rotatable bonds is 2. The molecule has 0 radical (unpaired) electrons. The number of ether oxygens (including phenoxy) is 2. The Kier molecular flexibility index (Phi) is 3.36. The van der Waals surface area contributed by atoms with Gasteiger partial charge in [-0.05, 0) is 24.3 Å². The zero-order chi connectivity index (χ0) is 14.2. The van der Waals surface area contributed by atoms with Crippen LogP contribution in [0.2, 0.25) is 5.02 Å². The second-order valence-corrected chi connectivity index (χ2v) is 5.34. The van der Waals surface area contributed by atoms with Crippen molar-refractivity contribution in [3.63, 3.8) is 0 Å². The molecule has 4 nitrogen and oxygen atoms in total. The number of benzene rings is 1. The molecule has 3 rings (SSSR count). The summed E-state index contributed by atoms with van der Waals surface area (Å²) in [5.74, 6) is -0.508. The van der Waals surface area contributed by atoms with Crippen molar-refractivity contribution in [3.05, 3.63) is 47.0 Å². The van der Waals surface area contributed by atoms with Crippen molar-refractivity contribution >= 4 is 23.4 Å². The minimum atomic E-state index is -0.843. The van der Waals surface area contributed by atoms with Crippen molar-refractivity contribution in [2.75, 3.05) is 6.61 Å². The topological polar surface area (TPSA) is 52.6 Å². The number of ketones is 1. The number of hydrogen-bond acceptors (Lipinski definition) is 4. The highest BCUT2D eigenvalue weighted by molar-refractivity contribution is 6.33. The zero-order valence-corrected chi connectivity index (χ0v) is 11.4. The lowest BCUT2D eigenvalue weighted by Crippen LogP contribution is -2.44. The van der Waals surface area contributed by atoms with Gasteiger partial charge in [0.05, 0.1) is 17.2 Å². The number of hydrogen-bond donors (Lipinski definition) is 0. The number of carbonyl (C=O) groups excluding carboxylic acids is 2. The standard InChI is InChI=1S/C15H13ClO4/c16-12-4-2-1-3-11(12)14(18)20-15-6-5-10(17)9-13(15)19-8-7-15/h1-6,13H,7-9H2/t13-,15+/m1/s1. The molecule has 0 N–H and O–H groups in total. The molecule has 0 saturated carbocycles. The van der Waals surface area contributed by atoms with E-state index >= 15 is 0 Å². The molecule has 1 aromatic rings. The fourth-order valence-corrected chi connectivity index (χ4v) is 2.79. The van der Waals surface area contributed by atoms with Gasteiger partial charge in [0.25, 0.3) is 0 Å². The average Bonchev–Trinajstić information content (AvgIpc) is 2.82. The third kappa shape index (κ3) is 2.25. The summed E-state index contributed by atoms with van der Waals surface area (Å²) in [4.78, 5) is 23.7. The van der Waals surface area contributed by atoms with E-state index in [0.29, 0.717) is 23.6 Å². The Balaban J connectivity index is 1.87. The van der Waals surface area contributed by atoms with Crippen LogP contribution in [-0.2, 0) is 14.3 Å². The van der Waals surface area contributed by atoms with Gasteiger partial charge in [0.15, 0.2) is 11.4 Å². The first-order valence-electron chi connectivity index (χ1n) is 6.42. The van der Waals surface area contributed by atoms with E-state index in [1.165, 1.54) is 6.08 Å². The largest absolute Gasteiger partial charge is 0.448 e. The van der Waals surface area contributed by atoms with Crippen LogP contribution < -0.4 is 0 Å². The summed E-state index contributed by atoms with van der Waals surface area (Å²) < 4.78 is 11.1. The van der Waals surface area contributed by atoms with Crippen LogP contribution in [0.5, 0.6) is 0 Å². The number of carbonyl (C=O) groups is 2. The summed E-state index contributed by atoms with van der Waals surface area (Å²) >= 11 is 6.00. The third-order valence-electron chi connectivity index (χ3n) is 3.67. The summed E-state index contributed by atoms with van der Waals surface area (Å²) in [6.45, 7) is 0.470. The molecule has 20 heavy (non-hydrogen) atoms. The van der Waals surface area contributed by atoms with E-state index in [0.717, 1.165) is 0 Å². The number of esters is 1. The van der Waals surface area contributed by atoms with Gasteiger partial charge in [0.2, 0.25) is 0 Å². The van der Waals surface area contributed by atoms with Crippen molar-refractivity contribution in [2.45, 2.75) is 24.5 Å². The number of allylic oxidation sites excluding steroid dienone is 1. The van der Waals surface area contributed by atoms with E-state index in [1.54, 1.807) is 30.3 Å². The molecule has 0 unspecified atom stereocenters. The van der Waals surface area contributed by atoms with Crippen molar-refractivity contribution in [1.29, 1.82) is 0 Å². The number of halogens is 1. The fourth-order valence-electron chi connectivity index (χ4n) is 2.57. The molecule has 0 spiro atoms. The summed E-state index contributed by atoms with van der Waals surface area (Å²) in [6.07, 6.45) is 3.51. The van der Waals surface area contributed by atoms with Crippen molar-refractivity contribution < 1.29 is 19.1 Å². The molecule has 2 atom stereocenters. The first-order chi connectivity index (χ1) is 9.61. The lowest BCUT2D eigenvalue weighted by molar-refractivity contribution is -0.121. The van der Waals surface area contributed by atoms with Crippen LogP contribution >= 0.6 is 11.6 Å². The van der Waals surface area contributed by atoms with Gasteiger partial charge in [-0.2, -0.15) is 0 Å². The van der Waals surface area contributed by atoms with Crippen molar-refractivity contribution in [3.8, 4) is 0 Å². The van der Waals surface area contributed by atoms with E-state index in [1.807, 2.05) is 0 Å². The van der Waals surface area contributed by atoms with Gasteiger partial charge in [-0.15, -0.1) is 0 Å². The first kappa shape index (κ1) is 13.3. The van der Waals surface area contributed by atoms with Gasteiger partial charge in [0, 0.05) is 12.8 Å². The molecule has 104 valence electrons. The molecule has 1 fully saturated rings. The molecule has 1 heterocycles. The van der Waals surface area contributed by atoms with Gasteiger partial charge in [-0.1, -0.05) is 23.7 Å². The molecule has 1 aliphatic heterocycles. The highest BCUT2D eigenvalue weighted by Crippen LogP contribution is 2.37. The van der Waals surface area contributed by atoms with E-state index in [4.69, 9.17) is 21.1 Å². The number of fused-ring (bicyclic) bond motifs is 1. The lowest BCUT2D eigenvalue weighted by atomic mass is 9.86. The molecular formula is C15H13ClO4. The SMILES string of the molecule is O=C1C=C[C@]2(OC(=O)c3ccccc3Cl)CCO[C@@H]2C1. The van der Waals surface area contributed by atoms with Gasteiger partial charge in [-0.3, -0.25) is 4.79 Å². The van der Waals surface area contributed by atoms with Crippen LogP contribution in [0.1, 0.15) is 23.2 Å². The molecule has 2 aliphatic rings. The Hall–Kier alpha value is -1.65. The third-order valence-corrected chi connectivity index (χ3v) is 4.00. The van der Waals surface area contributed by atoms with Crippen LogP contribution in [0.4, 0.5) is 0 Å². The van der Waals surface area contributed by atoms with Gasteiger partial charge in [0.1, 0.15) is 6.10 Å². The molecule has 0 amide bonds. The predicted octanol–water partition coefficient (Wildman–Crippen LogP) is 2.55. The second kappa shape index (κ2) is 5.04. The minimum Gasteiger partial charge on any atom is -0.448 e. The summed E-state index contributed by atoms with van der Waals surface area (Å²) in [5, 5.41) is 0.347. The van der Waals surface area contributed by atoms with Gasteiger partial charge in [-0.25, -0.2) is 4.79 Å². The van der Waals surface area contributed by atoms with Crippen LogP contribution in [0.15, 0.2) is 36.4 Å². The zero-order valence-electron chi connectivity index (χ0n) is 10.7. The molecule has 1 saturated heterocycles. The van der Waals surface area contributed by atoms with E-state index < -0.39 is 17.7 Å². The van der Waals surface area contributed by atoms with Crippen molar-refractivity contribution in [1.82, 2.24) is 0 Å². The first-order valence-corrected chi connectivity index (χ1v) is 6.80. The minimum absolute atomic E-state index is 0.0127. The van der Waals surface area contributed by atoms with Crippen LogP contribution in [0.3, 0.4) is 0 Å². The molecule has 1 aromatic carbocycles. The maximum Gasteiger partial charge on any atom is 0.340 e. The second-order valence-electron chi connectivity index (χ2n) is 4.94. The van der Waals surface area contributed by atoms with Gasteiger partial charge < -0.3 is 9.47 Å². The quantitative estimate of drug-likeness (QED) is 0.786. The molecule has 5 heteroatoms. The summed E-state index contributed by atoms with van der Waals surface area (Å²) in [6, 6.07) is 6.73. The molecule has 1 aliphatic carbocycles. The predicted molar refractivity (Wildman–Crippen MR) is 72.7 cm³/mol.